The molecule has 0 atom stereocenters. The molecule has 2 N–H and O–H groups in total. The molecule has 1 amide bonds. The zero-order valence-corrected chi connectivity index (χ0v) is 11.8. The highest BCUT2D eigenvalue weighted by Gasteiger charge is 2.11. The minimum Gasteiger partial charge on any atom is -0.507 e. The highest BCUT2D eigenvalue weighted by molar-refractivity contribution is 6.06. The van der Waals surface area contributed by atoms with E-state index in [9.17, 15) is 9.90 Å². The summed E-state index contributed by atoms with van der Waals surface area (Å²) < 4.78 is 0. The van der Waals surface area contributed by atoms with Gasteiger partial charge in [0.05, 0.1) is 5.56 Å². The number of amides is 1. The molecule has 3 nitrogen and oxygen atoms in total. The van der Waals surface area contributed by atoms with Crippen molar-refractivity contribution in [1.29, 1.82) is 0 Å². The average molecular weight is 269 g/mol. The SMILES string of the molecule is CCCc1ccc(NC(=O)c2ccc(C)cc2O)cc1. The van der Waals surface area contributed by atoms with E-state index in [1.807, 2.05) is 31.2 Å². The molecule has 0 radical (unpaired) electrons. The molecule has 0 saturated heterocycles. The van der Waals surface area contributed by atoms with Crippen LogP contribution in [-0.2, 0) is 6.42 Å². The standard InChI is InChI=1S/C17H19NO2/c1-3-4-13-6-8-14(9-7-13)18-17(20)15-10-5-12(2)11-16(15)19/h5-11,19H,3-4H2,1-2H3,(H,18,20). The molecular weight excluding hydrogens is 250 g/mol. The molecule has 0 aliphatic rings. The number of rotatable bonds is 4. The van der Waals surface area contributed by atoms with E-state index in [1.54, 1.807) is 18.2 Å². The Balaban J connectivity index is 2.11. The second-order valence-corrected chi connectivity index (χ2v) is 4.92. The van der Waals surface area contributed by atoms with Crippen LogP contribution in [0.5, 0.6) is 5.75 Å². The summed E-state index contributed by atoms with van der Waals surface area (Å²) in [6.45, 7) is 4.00. The van der Waals surface area contributed by atoms with Gasteiger partial charge < -0.3 is 10.4 Å². The molecule has 0 aromatic heterocycles. The Morgan fingerprint density at radius 1 is 1.15 bits per heavy atom. The van der Waals surface area contributed by atoms with Crippen LogP contribution in [0.15, 0.2) is 42.5 Å². The maximum atomic E-state index is 12.1. The number of benzene rings is 2. The molecule has 0 aliphatic carbocycles. The summed E-state index contributed by atoms with van der Waals surface area (Å²) in [5, 5.41) is 12.6. The summed E-state index contributed by atoms with van der Waals surface area (Å²) >= 11 is 0. The molecule has 104 valence electrons. The average Bonchev–Trinajstić information content (AvgIpc) is 2.41. The van der Waals surface area contributed by atoms with E-state index in [0.29, 0.717) is 0 Å². The van der Waals surface area contributed by atoms with Crippen molar-refractivity contribution in [3.63, 3.8) is 0 Å². The number of carbonyl (C=O) groups is 1. The van der Waals surface area contributed by atoms with E-state index in [1.165, 1.54) is 5.56 Å². The Morgan fingerprint density at radius 2 is 1.85 bits per heavy atom. The highest BCUT2D eigenvalue weighted by Crippen LogP contribution is 2.20. The second kappa shape index (κ2) is 6.24. The predicted molar refractivity (Wildman–Crippen MR) is 81.2 cm³/mol. The highest BCUT2D eigenvalue weighted by atomic mass is 16.3. The Hall–Kier alpha value is -2.29. The summed E-state index contributed by atoms with van der Waals surface area (Å²) in [7, 11) is 0. The third-order valence-electron chi connectivity index (χ3n) is 3.15. The Kier molecular flexibility index (Phi) is 4.41. The molecule has 0 unspecified atom stereocenters. The summed E-state index contributed by atoms with van der Waals surface area (Å²) in [5.74, 6) is -0.296. The lowest BCUT2D eigenvalue weighted by atomic mass is 10.1. The number of hydrogen-bond acceptors (Lipinski definition) is 2. The van der Waals surface area contributed by atoms with Crippen LogP contribution in [0.3, 0.4) is 0 Å². The van der Waals surface area contributed by atoms with Crippen molar-refractivity contribution in [2.45, 2.75) is 26.7 Å². The number of carbonyl (C=O) groups excluding carboxylic acids is 1. The first-order valence-electron chi connectivity index (χ1n) is 6.80. The van der Waals surface area contributed by atoms with Crippen molar-refractivity contribution in [1.82, 2.24) is 0 Å². The topological polar surface area (TPSA) is 49.3 Å². The fourth-order valence-electron chi connectivity index (χ4n) is 2.08. The first kappa shape index (κ1) is 14.1. The van der Waals surface area contributed by atoms with Crippen molar-refractivity contribution < 1.29 is 9.90 Å². The monoisotopic (exact) mass is 269 g/mol. The summed E-state index contributed by atoms with van der Waals surface area (Å²) in [5.41, 5.74) is 3.19. The predicted octanol–water partition coefficient (Wildman–Crippen LogP) is 3.91. The summed E-state index contributed by atoms with van der Waals surface area (Å²) in [4.78, 5) is 12.1. The van der Waals surface area contributed by atoms with Gasteiger partial charge >= 0.3 is 0 Å². The van der Waals surface area contributed by atoms with Crippen LogP contribution in [0, 0.1) is 6.92 Å². The van der Waals surface area contributed by atoms with E-state index >= 15 is 0 Å². The molecular formula is C17H19NO2. The first-order valence-corrected chi connectivity index (χ1v) is 6.80. The van der Waals surface area contributed by atoms with Gasteiger partial charge in [0, 0.05) is 5.69 Å². The third kappa shape index (κ3) is 3.38. The number of phenolic OH excluding ortho intramolecular Hbond substituents is 1. The zero-order chi connectivity index (χ0) is 14.5. The molecule has 0 saturated carbocycles. The van der Waals surface area contributed by atoms with Crippen molar-refractivity contribution in [2.24, 2.45) is 0 Å². The number of aromatic hydroxyl groups is 1. The fourth-order valence-corrected chi connectivity index (χ4v) is 2.08. The van der Waals surface area contributed by atoms with Crippen molar-refractivity contribution in [3.8, 4) is 5.75 Å². The van der Waals surface area contributed by atoms with Crippen molar-refractivity contribution in [3.05, 3.63) is 59.2 Å². The molecule has 0 spiro atoms. The van der Waals surface area contributed by atoms with Gasteiger partial charge in [0.2, 0.25) is 0 Å². The Labute approximate surface area is 119 Å². The van der Waals surface area contributed by atoms with Crippen LogP contribution in [0.1, 0.15) is 34.8 Å². The maximum Gasteiger partial charge on any atom is 0.259 e. The van der Waals surface area contributed by atoms with Crippen LogP contribution in [0.4, 0.5) is 5.69 Å². The lowest BCUT2D eigenvalue weighted by Crippen LogP contribution is -2.12. The van der Waals surface area contributed by atoms with Gasteiger partial charge in [-0.2, -0.15) is 0 Å². The molecule has 0 heterocycles. The fraction of sp³-hybridized carbons (Fsp3) is 0.235. The van der Waals surface area contributed by atoms with Gasteiger partial charge in [0.15, 0.2) is 0 Å². The first-order chi connectivity index (χ1) is 9.60. The largest absolute Gasteiger partial charge is 0.507 e. The third-order valence-corrected chi connectivity index (χ3v) is 3.15. The van der Waals surface area contributed by atoms with E-state index < -0.39 is 0 Å². The smallest absolute Gasteiger partial charge is 0.259 e. The van der Waals surface area contributed by atoms with Crippen molar-refractivity contribution >= 4 is 11.6 Å². The molecule has 0 bridgehead atoms. The van der Waals surface area contributed by atoms with Crippen LogP contribution in [0.25, 0.3) is 0 Å². The Morgan fingerprint density at radius 3 is 2.45 bits per heavy atom. The van der Waals surface area contributed by atoms with Crippen LogP contribution < -0.4 is 5.32 Å². The molecule has 0 fully saturated rings. The number of nitrogens with one attached hydrogen (secondary N) is 1. The van der Waals surface area contributed by atoms with E-state index in [0.717, 1.165) is 24.1 Å². The molecule has 0 aliphatic heterocycles. The molecule has 2 rings (SSSR count). The van der Waals surface area contributed by atoms with Gasteiger partial charge in [0.1, 0.15) is 5.75 Å². The second-order valence-electron chi connectivity index (χ2n) is 4.92. The van der Waals surface area contributed by atoms with Gasteiger partial charge in [-0.15, -0.1) is 0 Å². The van der Waals surface area contributed by atoms with Gasteiger partial charge in [-0.25, -0.2) is 0 Å². The lowest BCUT2D eigenvalue weighted by molar-refractivity contribution is 0.102. The van der Waals surface area contributed by atoms with Crippen molar-refractivity contribution in [2.75, 3.05) is 5.32 Å². The zero-order valence-electron chi connectivity index (χ0n) is 11.8. The van der Waals surface area contributed by atoms with Gasteiger partial charge in [-0.05, 0) is 48.7 Å². The van der Waals surface area contributed by atoms with E-state index in [2.05, 4.69) is 12.2 Å². The molecule has 2 aromatic rings. The minimum atomic E-state index is -0.300. The van der Waals surface area contributed by atoms with E-state index in [-0.39, 0.29) is 17.2 Å². The number of anilines is 1. The van der Waals surface area contributed by atoms with Gasteiger partial charge in [0.25, 0.3) is 5.91 Å². The Bertz CT molecular complexity index is 603. The number of hydrogen-bond donors (Lipinski definition) is 2. The normalized spacial score (nSPS) is 10.3. The molecule has 20 heavy (non-hydrogen) atoms. The quantitative estimate of drug-likeness (QED) is 0.884. The van der Waals surface area contributed by atoms with Crippen LogP contribution in [-0.4, -0.2) is 11.0 Å². The van der Waals surface area contributed by atoms with Gasteiger partial charge in [-0.1, -0.05) is 31.5 Å². The van der Waals surface area contributed by atoms with Gasteiger partial charge in [-0.3, -0.25) is 4.79 Å². The number of aryl methyl sites for hydroxylation is 2. The van der Waals surface area contributed by atoms with E-state index in [4.69, 9.17) is 0 Å². The minimum absolute atomic E-state index is 0.00473. The lowest BCUT2D eigenvalue weighted by Gasteiger charge is -2.08. The number of phenols is 1. The maximum absolute atomic E-state index is 12.1. The molecule has 3 heteroatoms. The summed E-state index contributed by atoms with van der Waals surface area (Å²) in [6, 6.07) is 12.8. The summed E-state index contributed by atoms with van der Waals surface area (Å²) in [6.07, 6.45) is 2.13. The molecule has 2 aromatic carbocycles. The van der Waals surface area contributed by atoms with Crippen LogP contribution in [0.2, 0.25) is 0 Å². The van der Waals surface area contributed by atoms with Crippen LogP contribution >= 0.6 is 0 Å².